The normalized spacial score (nSPS) is 12.8. The molecule has 1 atom stereocenters. The first kappa shape index (κ1) is 9.50. The SMILES string of the molecule is [2H]CC(=O)N[C@@H](CCC(=O)O)C(=O)O. The van der Waals surface area contributed by atoms with Crippen LogP contribution in [0.2, 0.25) is 0 Å². The summed E-state index contributed by atoms with van der Waals surface area (Å²) in [5.74, 6) is -3.16. The fourth-order valence-corrected chi connectivity index (χ4v) is 0.720. The van der Waals surface area contributed by atoms with E-state index in [0.717, 1.165) is 0 Å². The van der Waals surface area contributed by atoms with Gasteiger partial charge in [-0.25, -0.2) is 4.79 Å². The number of carboxylic acids is 2. The molecule has 1 amide bonds. The third kappa shape index (κ3) is 5.66. The average molecular weight is 190 g/mol. The number of carbonyl (C=O) groups excluding carboxylic acids is 1. The van der Waals surface area contributed by atoms with E-state index in [2.05, 4.69) is 0 Å². The Morgan fingerprint density at radius 3 is 2.46 bits per heavy atom. The minimum absolute atomic E-state index is 0.184. The maximum absolute atomic E-state index is 10.7. The molecule has 0 rings (SSSR count). The zero-order chi connectivity index (χ0) is 11.1. The molecule has 13 heavy (non-hydrogen) atoms. The van der Waals surface area contributed by atoms with Crippen molar-refractivity contribution in [2.24, 2.45) is 0 Å². The maximum atomic E-state index is 10.7. The molecule has 0 unspecified atom stereocenters. The Morgan fingerprint density at radius 2 is 2.08 bits per heavy atom. The second-order valence-corrected chi connectivity index (χ2v) is 2.39. The molecule has 0 fully saturated rings. The molecule has 0 aromatic rings. The highest BCUT2D eigenvalue weighted by Gasteiger charge is 2.18. The second kappa shape index (κ2) is 5.13. The highest BCUT2D eigenvalue weighted by atomic mass is 16.4. The molecule has 6 heteroatoms. The first-order valence-electron chi connectivity index (χ1n) is 4.21. The lowest BCUT2D eigenvalue weighted by atomic mass is 10.1. The Kier molecular flexibility index (Phi) is 3.74. The molecule has 74 valence electrons. The highest BCUT2D eigenvalue weighted by molar-refractivity contribution is 5.82. The summed E-state index contributed by atoms with van der Waals surface area (Å²) in [6.45, 7) is -0.573. The van der Waals surface area contributed by atoms with Crippen LogP contribution in [-0.4, -0.2) is 34.1 Å². The van der Waals surface area contributed by atoms with Crippen LogP contribution in [0.25, 0.3) is 0 Å². The number of amides is 1. The van der Waals surface area contributed by atoms with Gasteiger partial charge in [-0.3, -0.25) is 9.59 Å². The first-order valence-corrected chi connectivity index (χ1v) is 3.50. The zero-order valence-corrected chi connectivity index (χ0v) is 6.82. The molecule has 0 bridgehead atoms. The lowest BCUT2D eigenvalue weighted by molar-refractivity contribution is -0.142. The molecule has 3 N–H and O–H groups in total. The number of nitrogens with one attached hydrogen (secondary N) is 1. The quantitative estimate of drug-likeness (QED) is 0.539. The van der Waals surface area contributed by atoms with Gasteiger partial charge in [-0.05, 0) is 6.42 Å². The number of hydrogen-bond donors (Lipinski definition) is 3. The van der Waals surface area contributed by atoms with Crippen LogP contribution in [0.3, 0.4) is 0 Å². The molecular formula is C7H11NO5. The summed E-state index contributed by atoms with van der Waals surface area (Å²) in [6.07, 6.45) is -0.522. The fraction of sp³-hybridized carbons (Fsp3) is 0.571. The Balaban J connectivity index is 4.09. The highest BCUT2D eigenvalue weighted by Crippen LogP contribution is 1.97. The van der Waals surface area contributed by atoms with Gasteiger partial charge in [0.25, 0.3) is 0 Å². The van der Waals surface area contributed by atoms with Crippen molar-refractivity contribution in [2.75, 3.05) is 0 Å². The van der Waals surface area contributed by atoms with Crippen molar-refractivity contribution in [3.05, 3.63) is 0 Å². The molecule has 0 radical (unpaired) electrons. The molecular weight excluding hydrogens is 178 g/mol. The van der Waals surface area contributed by atoms with Gasteiger partial charge in [-0.2, -0.15) is 0 Å². The number of carbonyl (C=O) groups is 3. The number of hydrogen-bond acceptors (Lipinski definition) is 3. The van der Waals surface area contributed by atoms with Crippen LogP contribution in [0.5, 0.6) is 0 Å². The van der Waals surface area contributed by atoms with E-state index in [9.17, 15) is 14.4 Å². The largest absolute Gasteiger partial charge is 0.481 e. The Morgan fingerprint density at radius 1 is 1.46 bits per heavy atom. The molecule has 0 spiro atoms. The first-order chi connectivity index (χ1) is 6.47. The smallest absolute Gasteiger partial charge is 0.326 e. The molecule has 0 aliphatic rings. The fourth-order valence-electron chi connectivity index (χ4n) is 0.720. The Bertz CT molecular complexity index is 242. The van der Waals surface area contributed by atoms with E-state index in [-0.39, 0.29) is 12.8 Å². The monoisotopic (exact) mass is 190 g/mol. The van der Waals surface area contributed by atoms with Crippen LogP contribution < -0.4 is 5.32 Å². The number of rotatable bonds is 5. The molecule has 6 nitrogen and oxygen atoms in total. The van der Waals surface area contributed by atoms with E-state index in [1.165, 1.54) is 0 Å². The van der Waals surface area contributed by atoms with Crippen LogP contribution in [0.1, 0.15) is 21.1 Å². The third-order valence-corrected chi connectivity index (χ3v) is 1.28. The van der Waals surface area contributed by atoms with Crippen molar-refractivity contribution in [1.82, 2.24) is 5.32 Å². The van der Waals surface area contributed by atoms with Crippen molar-refractivity contribution >= 4 is 17.8 Å². The second-order valence-electron chi connectivity index (χ2n) is 2.39. The van der Waals surface area contributed by atoms with E-state index in [1.807, 2.05) is 5.32 Å². The summed E-state index contributed by atoms with van der Waals surface area (Å²) in [4.78, 5) is 31.3. The summed E-state index contributed by atoms with van der Waals surface area (Å²) < 4.78 is 6.64. The van der Waals surface area contributed by atoms with Crippen LogP contribution in [0.15, 0.2) is 0 Å². The third-order valence-electron chi connectivity index (χ3n) is 1.28. The molecule has 0 saturated carbocycles. The van der Waals surface area contributed by atoms with Crippen LogP contribution in [0, 0.1) is 0 Å². The lowest BCUT2D eigenvalue weighted by Crippen LogP contribution is -2.39. The van der Waals surface area contributed by atoms with Crippen molar-refractivity contribution in [3.8, 4) is 0 Å². The molecule has 0 aliphatic carbocycles. The summed E-state index contributed by atoms with van der Waals surface area (Å²) in [5, 5.41) is 18.9. The van der Waals surface area contributed by atoms with Gasteiger partial charge in [0.2, 0.25) is 5.91 Å². The summed E-state index contributed by atoms with van der Waals surface area (Å²) in [5.41, 5.74) is 0. The van der Waals surface area contributed by atoms with E-state index in [1.54, 1.807) is 0 Å². The van der Waals surface area contributed by atoms with Crippen molar-refractivity contribution in [3.63, 3.8) is 0 Å². The summed E-state index contributed by atoms with van der Waals surface area (Å²) in [6, 6.07) is -1.23. The van der Waals surface area contributed by atoms with Gasteiger partial charge < -0.3 is 15.5 Å². The standard InChI is InChI=1S/C7H11NO5/c1-4(9)8-5(7(12)13)2-3-6(10)11/h5H,2-3H2,1H3,(H,8,9)(H,10,11)(H,12,13)/t5-/m0/s1/i1D. The van der Waals surface area contributed by atoms with Gasteiger partial charge >= 0.3 is 11.9 Å². The maximum Gasteiger partial charge on any atom is 0.326 e. The molecule has 0 aromatic heterocycles. The van der Waals surface area contributed by atoms with Crippen LogP contribution in [0.4, 0.5) is 0 Å². The molecule has 0 aromatic carbocycles. The average Bonchev–Trinajstić information content (AvgIpc) is 2.10. The number of carboxylic acid groups (broad SMARTS) is 2. The zero-order valence-electron chi connectivity index (χ0n) is 7.82. The predicted molar refractivity (Wildman–Crippen MR) is 42.1 cm³/mol. The topological polar surface area (TPSA) is 104 Å². The van der Waals surface area contributed by atoms with Crippen LogP contribution in [-0.2, 0) is 14.4 Å². The molecule has 0 heterocycles. The molecule has 0 aliphatic heterocycles. The van der Waals surface area contributed by atoms with Gasteiger partial charge in [0.05, 0.1) is 0 Å². The minimum Gasteiger partial charge on any atom is -0.481 e. The van der Waals surface area contributed by atoms with Crippen LogP contribution >= 0.6 is 0 Å². The van der Waals surface area contributed by atoms with Gasteiger partial charge in [-0.15, -0.1) is 0 Å². The Labute approximate surface area is 76.0 Å². The van der Waals surface area contributed by atoms with E-state index >= 15 is 0 Å². The lowest BCUT2D eigenvalue weighted by Gasteiger charge is -2.10. The van der Waals surface area contributed by atoms with Gasteiger partial charge in [0, 0.05) is 14.7 Å². The predicted octanol–water partition coefficient (Wildman–Crippen LogP) is -0.560. The van der Waals surface area contributed by atoms with E-state index < -0.39 is 30.8 Å². The van der Waals surface area contributed by atoms with Crippen molar-refractivity contribution in [1.29, 1.82) is 0 Å². The summed E-state index contributed by atoms with van der Waals surface area (Å²) >= 11 is 0. The van der Waals surface area contributed by atoms with Crippen molar-refractivity contribution < 1.29 is 26.0 Å². The summed E-state index contributed by atoms with van der Waals surface area (Å²) in [7, 11) is 0. The van der Waals surface area contributed by atoms with Gasteiger partial charge in [-0.1, -0.05) is 0 Å². The van der Waals surface area contributed by atoms with Crippen molar-refractivity contribution in [2.45, 2.75) is 25.8 Å². The van der Waals surface area contributed by atoms with E-state index in [4.69, 9.17) is 11.6 Å². The number of aliphatic carboxylic acids is 2. The van der Waals surface area contributed by atoms with Gasteiger partial charge in [0.1, 0.15) is 6.04 Å². The minimum atomic E-state index is -1.30. The van der Waals surface area contributed by atoms with Gasteiger partial charge in [0.15, 0.2) is 0 Å². The Hall–Kier alpha value is -1.59. The molecule has 0 saturated heterocycles. The van der Waals surface area contributed by atoms with E-state index in [0.29, 0.717) is 0 Å².